The van der Waals surface area contributed by atoms with Crippen molar-refractivity contribution in [3.63, 3.8) is 0 Å². The average molecular weight is 304 g/mol. The molecular weight excluding hydrogens is 290 g/mol. The third-order valence-corrected chi connectivity index (χ3v) is 4.68. The Balaban J connectivity index is 2.52. The molecule has 0 radical (unpaired) electrons. The van der Waals surface area contributed by atoms with Crippen molar-refractivity contribution in [3.05, 3.63) is 59.2 Å². The molecule has 0 bridgehead atoms. The number of carboxylic acid groups (broad SMARTS) is 1. The SMILES string of the molecule is Cc1cc(C(=O)[O-])cc(S(=O)(=O)Nc2ccccc2)c1C. The maximum Gasteiger partial charge on any atom is 0.262 e. The third kappa shape index (κ3) is 3.22. The number of anilines is 1. The summed E-state index contributed by atoms with van der Waals surface area (Å²) in [5.41, 5.74) is 1.33. The van der Waals surface area contributed by atoms with Gasteiger partial charge in [-0.2, -0.15) is 0 Å². The number of aryl methyl sites for hydroxylation is 1. The van der Waals surface area contributed by atoms with Crippen LogP contribution in [0.2, 0.25) is 0 Å². The summed E-state index contributed by atoms with van der Waals surface area (Å²) < 4.78 is 27.3. The van der Waals surface area contributed by atoms with Gasteiger partial charge in [-0.05, 0) is 54.8 Å². The molecule has 0 heterocycles. The van der Waals surface area contributed by atoms with Gasteiger partial charge in [-0.25, -0.2) is 8.42 Å². The van der Waals surface area contributed by atoms with E-state index in [0.717, 1.165) is 6.07 Å². The minimum absolute atomic E-state index is 0.0643. The minimum Gasteiger partial charge on any atom is -0.545 e. The summed E-state index contributed by atoms with van der Waals surface area (Å²) in [5.74, 6) is -1.41. The first-order chi connectivity index (χ1) is 9.81. The van der Waals surface area contributed by atoms with E-state index in [-0.39, 0.29) is 10.5 Å². The molecule has 0 amide bonds. The molecule has 2 rings (SSSR count). The van der Waals surface area contributed by atoms with E-state index in [1.807, 2.05) is 0 Å². The van der Waals surface area contributed by atoms with Crippen LogP contribution >= 0.6 is 0 Å². The van der Waals surface area contributed by atoms with Crippen LogP contribution in [0.15, 0.2) is 47.4 Å². The second kappa shape index (κ2) is 5.57. The fourth-order valence-electron chi connectivity index (χ4n) is 1.94. The first kappa shape index (κ1) is 15.1. The van der Waals surface area contributed by atoms with E-state index in [1.54, 1.807) is 44.2 Å². The summed E-state index contributed by atoms with van der Waals surface area (Å²) in [6, 6.07) is 10.9. The maximum absolute atomic E-state index is 12.4. The normalized spacial score (nSPS) is 11.1. The van der Waals surface area contributed by atoms with Gasteiger partial charge in [0.15, 0.2) is 0 Å². The Kier molecular flexibility index (Phi) is 3.99. The Labute approximate surface area is 123 Å². The summed E-state index contributed by atoms with van der Waals surface area (Å²) in [6.07, 6.45) is 0. The molecule has 1 N–H and O–H groups in total. The predicted octanol–water partition coefficient (Wildman–Crippen LogP) is 1.47. The van der Waals surface area contributed by atoms with E-state index in [0.29, 0.717) is 16.8 Å². The van der Waals surface area contributed by atoms with Crippen LogP contribution in [0, 0.1) is 13.8 Å². The van der Waals surface area contributed by atoms with Crippen LogP contribution in [-0.2, 0) is 10.0 Å². The quantitative estimate of drug-likeness (QED) is 0.926. The van der Waals surface area contributed by atoms with Gasteiger partial charge in [0, 0.05) is 5.69 Å². The van der Waals surface area contributed by atoms with Crippen LogP contribution in [0.4, 0.5) is 5.69 Å². The second-order valence-corrected chi connectivity index (χ2v) is 6.33. The number of hydrogen-bond acceptors (Lipinski definition) is 4. The molecule has 0 atom stereocenters. The molecule has 2 aromatic rings. The number of sulfonamides is 1. The van der Waals surface area contributed by atoms with E-state index < -0.39 is 16.0 Å². The molecule has 0 unspecified atom stereocenters. The lowest BCUT2D eigenvalue weighted by Gasteiger charge is -2.14. The van der Waals surface area contributed by atoms with Crippen LogP contribution in [0.3, 0.4) is 0 Å². The van der Waals surface area contributed by atoms with Gasteiger partial charge in [-0.15, -0.1) is 0 Å². The molecule has 0 aliphatic heterocycles. The van der Waals surface area contributed by atoms with E-state index >= 15 is 0 Å². The lowest BCUT2D eigenvalue weighted by atomic mass is 10.1. The van der Waals surface area contributed by atoms with Crippen molar-refractivity contribution in [1.29, 1.82) is 0 Å². The smallest absolute Gasteiger partial charge is 0.262 e. The number of para-hydroxylation sites is 1. The zero-order chi connectivity index (χ0) is 15.6. The van der Waals surface area contributed by atoms with Gasteiger partial charge >= 0.3 is 0 Å². The molecule has 0 fully saturated rings. The first-order valence-electron chi connectivity index (χ1n) is 6.22. The molecule has 0 aliphatic carbocycles. The Morgan fingerprint density at radius 2 is 1.71 bits per heavy atom. The number of nitrogens with one attached hydrogen (secondary N) is 1. The summed E-state index contributed by atoms with van der Waals surface area (Å²) in [7, 11) is -3.86. The molecule has 0 saturated heterocycles. The zero-order valence-electron chi connectivity index (χ0n) is 11.6. The van der Waals surface area contributed by atoms with Gasteiger partial charge in [0.1, 0.15) is 0 Å². The van der Waals surface area contributed by atoms with Crippen molar-refractivity contribution in [2.45, 2.75) is 18.7 Å². The van der Waals surface area contributed by atoms with Crippen LogP contribution in [0.5, 0.6) is 0 Å². The number of rotatable bonds is 4. The largest absolute Gasteiger partial charge is 0.545 e. The number of carboxylic acids is 1. The highest BCUT2D eigenvalue weighted by molar-refractivity contribution is 7.92. The second-order valence-electron chi connectivity index (χ2n) is 4.68. The lowest BCUT2D eigenvalue weighted by molar-refractivity contribution is -0.255. The van der Waals surface area contributed by atoms with Crippen LogP contribution < -0.4 is 9.83 Å². The molecule has 0 spiro atoms. The van der Waals surface area contributed by atoms with Gasteiger partial charge < -0.3 is 9.90 Å². The molecule has 0 saturated carbocycles. The van der Waals surface area contributed by atoms with Crippen LogP contribution in [0.1, 0.15) is 21.5 Å². The third-order valence-electron chi connectivity index (χ3n) is 3.17. The number of hydrogen-bond donors (Lipinski definition) is 1. The van der Waals surface area contributed by atoms with Crippen molar-refractivity contribution in [1.82, 2.24) is 0 Å². The molecule has 21 heavy (non-hydrogen) atoms. The maximum atomic E-state index is 12.4. The lowest BCUT2D eigenvalue weighted by Crippen LogP contribution is -2.23. The van der Waals surface area contributed by atoms with E-state index in [4.69, 9.17) is 0 Å². The molecule has 2 aromatic carbocycles. The molecule has 0 aliphatic rings. The summed E-state index contributed by atoms with van der Waals surface area (Å²) in [4.78, 5) is 10.9. The number of aromatic carboxylic acids is 1. The van der Waals surface area contributed by atoms with E-state index in [1.165, 1.54) is 6.07 Å². The highest BCUT2D eigenvalue weighted by Crippen LogP contribution is 2.23. The molecule has 0 aromatic heterocycles. The number of benzene rings is 2. The fraction of sp³-hybridized carbons (Fsp3) is 0.133. The summed E-state index contributed by atoms with van der Waals surface area (Å²) >= 11 is 0. The Morgan fingerprint density at radius 3 is 2.29 bits per heavy atom. The van der Waals surface area contributed by atoms with Gasteiger partial charge in [0.2, 0.25) is 0 Å². The van der Waals surface area contributed by atoms with Gasteiger partial charge in [-0.3, -0.25) is 4.72 Å². The molecule has 5 nitrogen and oxygen atoms in total. The Bertz CT molecular complexity index is 783. The molecule has 6 heteroatoms. The Hall–Kier alpha value is -2.34. The average Bonchev–Trinajstić information content (AvgIpc) is 2.41. The van der Waals surface area contributed by atoms with Crippen molar-refractivity contribution >= 4 is 21.7 Å². The van der Waals surface area contributed by atoms with Gasteiger partial charge in [-0.1, -0.05) is 18.2 Å². The van der Waals surface area contributed by atoms with Crippen LogP contribution in [-0.4, -0.2) is 14.4 Å². The van der Waals surface area contributed by atoms with Crippen molar-refractivity contribution in [2.75, 3.05) is 4.72 Å². The van der Waals surface area contributed by atoms with Crippen molar-refractivity contribution in [2.24, 2.45) is 0 Å². The predicted molar refractivity (Wildman–Crippen MR) is 77.5 cm³/mol. The highest BCUT2D eigenvalue weighted by Gasteiger charge is 2.19. The van der Waals surface area contributed by atoms with Gasteiger partial charge in [0.05, 0.1) is 10.9 Å². The topological polar surface area (TPSA) is 86.3 Å². The molecule has 110 valence electrons. The minimum atomic E-state index is -3.86. The zero-order valence-corrected chi connectivity index (χ0v) is 12.4. The first-order valence-corrected chi connectivity index (χ1v) is 7.70. The number of carbonyl (C=O) groups excluding carboxylic acids is 1. The van der Waals surface area contributed by atoms with E-state index in [9.17, 15) is 18.3 Å². The summed E-state index contributed by atoms with van der Waals surface area (Å²) in [6.45, 7) is 3.29. The fourth-order valence-corrected chi connectivity index (χ4v) is 3.34. The Morgan fingerprint density at radius 1 is 1.10 bits per heavy atom. The van der Waals surface area contributed by atoms with Crippen molar-refractivity contribution in [3.8, 4) is 0 Å². The standard InChI is InChI=1S/C15H15NO4S/c1-10-8-12(15(17)18)9-14(11(10)2)21(19,20)16-13-6-4-3-5-7-13/h3-9,16H,1-2H3,(H,17,18)/p-1. The summed E-state index contributed by atoms with van der Waals surface area (Å²) in [5, 5.41) is 11.0. The monoisotopic (exact) mass is 304 g/mol. The van der Waals surface area contributed by atoms with E-state index in [2.05, 4.69) is 4.72 Å². The molecular formula is C15H14NO4S-. The van der Waals surface area contributed by atoms with Crippen LogP contribution in [0.25, 0.3) is 0 Å². The highest BCUT2D eigenvalue weighted by atomic mass is 32.2. The van der Waals surface area contributed by atoms with Crippen molar-refractivity contribution < 1.29 is 18.3 Å². The van der Waals surface area contributed by atoms with Gasteiger partial charge in [0.25, 0.3) is 10.0 Å². The number of carbonyl (C=O) groups is 1.